The summed E-state index contributed by atoms with van der Waals surface area (Å²) in [5.41, 5.74) is 3.02. The highest BCUT2D eigenvalue weighted by Crippen LogP contribution is 2.12. The maximum absolute atomic E-state index is 12.2. The summed E-state index contributed by atoms with van der Waals surface area (Å²) in [6.07, 6.45) is 0. The molecule has 136 valence electrons. The van der Waals surface area contributed by atoms with E-state index in [0.717, 1.165) is 11.1 Å². The van der Waals surface area contributed by atoms with Crippen LogP contribution in [0.2, 0.25) is 0 Å². The van der Waals surface area contributed by atoms with Gasteiger partial charge in [-0.25, -0.2) is 4.79 Å². The summed E-state index contributed by atoms with van der Waals surface area (Å²) in [5.74, 6) is -2.37. The number of amides is 1. The highest BCUT2D eigenvalue weighted by atomic mass is 32.2. The molecule has 0 heterocycles. The van der Waals surface area contributed by atoms with Gasteiger partial charge < -0.3 is 10.4 Å². The van der Waals surface area contributed by atoms with Crippen LogP contribution in [-0.2, 0) is 15.6 Å². The molecule has 2 aromatic carbocycles. The molecule has 2 rings (SSSR count). The van der Waals surface area contributed by atoms with E-state index in [1.165, 1.54) is 24.3 Å². The van der Waals surface area contributed by atoms with E-state index in [0.29, 0.717) is 11.3 Å². The van der Waals surface area contributed by atoms with Crippen molar-refractivity contribution in [2.45, 2.75) is 13.8 Å². The molecule has 1 unspecified atom stereocenters. The van der Waals surface area contributed by atoms with E-state index < -0.39 is 22.7 Å². The lowest BCUT2D eigenvalue weighted by molar-refractivity contribution is -0.113. The number of ketones is 1. The number of rotatable bonds is 7. The Bertz CT molecular complexity index is 874. The highest BCUT2D eigenvalue weighted by molar-refractivity contribution is 7.86. The number of hydrogen-bond acceptors (Lipinski definition) is 4. The molecule has 6 nitrogen and oxygen atoms in total. The molecule has 0 aliphatic rings. The predicted molar refractivity (Wildman–Crippen MR) is 100 cm³/mol. The molecule has 0 bridgehead atoms. The van der Waals surface area contributed by atoms with Crippen LogP contribution in [0, 0.1) is 13.8 Å². The number of nitrogens with one attached hydrogen (secondary N) is 1. The van der Waals surface area contributed by atoms with Crippen LogP contribution in [0.3, 0.4) is 0 Å². The summed E-state index contributed by atoms with van der Waals surface area (Å²) in [5, 5.41) is 11.4. The Balaban J connectivity index is 1.90. The molecule has 0 fully saturated rings. The Morgan fingerprint density at radius 3 is 2.12 bits per heavy atom. The Kier molecular flexibility index (Phi) is 6.41. The first-order valence-electron chi connectivity index (χ1n) is 7.85. The van der Waals surface area contributed by atoms with Gasteiger partial charge in [0, 0.05) is 22.1 Å². The smallest absolute Gasteiger partial charge is 0.335 e. The lowest BCUT2D eigenvalue weighted by atomic mass is 10.0. The van der Waals surface area contributed by atoms with Crippen molar-refractivity contribution in [1.29, 1.82) is 0 Å². The van der Waals surface area contributed by atoms with Crippen LogP contribution in [0.15, 0.2) is 42.5 Å². The minimum absolute atomic E-state index is 0.102. The summed E-state index contributed by atoms with van der Waals surface area (Å²) in [7, 11) is -1.63. The SMILES string of the molecule is Cc1ccc(C(=O)CS(=O)CC(=O)Nc2ccc(C(=O)O)cc2)cc1C. The van der Waals surface area contributed by atoms with Crippen molar-refractivity contribution in [3.05, 3.63) is 64.7 Å². The number of carboxylic acid groups (broad SMARTS) is 1. The third-order valence-electron chi connectivity index (χ3n) is 3.83. The van der Waals surface area contributed by atoms with Gasteiger partial charge in [-0.15, -0.1) is 0 Å². The van der Waals surface area contributed by atoms with Gasteiger partial charge in [0.15, 0.2) is 5.78 Å². The molecule has 0 saturated carbocycles. The van der Waals surface area contributed by atoms with Gasteiger partial charge in [-0.1, -0.05) is 12.1 Å². The van der Waals surface area contributed by atoms with Crippen LogP contribution < -0.4 is 5.32 Å². The normalized spacial score (nSPS) is 11.6. The van der Waals surface area contributed by atoms with Crippen molar-refractivity contribution in [3.63, 3.8) is 0 Å². The number of aryl methyl sites for hydroxylation is 2. The lowest BCUT2D eigenvalue weighted by Gasteiger charge is -2.07. The predicted octanol–water partition coefficient (Wildman–Crippen LogP) is 2.57. The summed E-state index contributed by atoms with van der Waals surface area (Å²) in [4.78, 5) is 34.9. The Morgan fingerprint density at radius 1 is 0.923 bits per heavy atom. The van der Waals surface area contributed by atoms with Crippen LogP contribution in [0.1, 0.15) is 31.8 Å². The summed E-state index contributed by atoms with van der Waals surface area (Å²) in [6.45, 7) is 3.83. The zero-order valence-electron chi connectivity index (χ0n) is 14.4. The zero-order chi connectivity index (χ0) is 19.3. The van der Waals surface area contributed by atoms with Crippen LogP contribution in [-0.4, -0.2) is 38.5 Å². The summed E-state index contributed by atoms with van der Waals surface area (Å²) < 4.78 is 12.1. The van der Waals surface area contributed by atoms with E-state index in [4.69, 9.17) is 5.11 Å². The fraction of sp³-hybridized carbons (Fsp3) is 0.211. The first kappa shape index (κ1) is 19.5. The minimum Gasteiger partial charge on any atom is -0.478 e. The third kappa shape index (κ3) is 5.35. The van der Waals surface area contributed by atoms with Gasteiger partial charge in [-0.2, -0.15) is 0 Å². The first-order chi connectivity index (χ1) is 12.3. The maximum atomic E-state index is 12.2. The number of carbonyl (C=O) groups is 3. The molecule has 2 N–H and O–H groups in total. The largest absolute Gasteiger partial charge is 0.478 e. The fourth-order valence-corrected chi connectivity index (χ4v) is 3.16. The molecular weight excluding hydrogens is 354 g/mol. The number of hydrogen-bond donors (Lipinski definition) is 2. The Labute approximate surface area is 153 Å². The minimum atomic E-state index is -1.63. The molecule has 0 saturated heterocycles. The molecule has 7 heteroatoms. The molecule has 1 atom stereocenters. The standard InChI is InChI=1S/C19H19NO5S/c1-12-3-4-15(9-13(12)2)17(21)10-26(25)11-18(22)20-16-7-5-14(6-8-16)19(23)24/h3-9H,10-11H2,1-2H3,(H,20,22)(H,23,24). The molecule has 0 aromatic heterocycles. The number of anilines is 1. The second kappa shape index (κ2) is 8.53. The topological polar surface area (TPSA) is 101 Å². The van der Waals surface area contributed by atoms with Crippen molar-refractivity contribution in [1.82, 2.24) is 0 Å². The summed E-state index contributed by atoms with van der Waals surface area (Å²) >= 11 is 0. The van der Waals surface area contributed by atoms with Crippen LogP contribution >= 0.6 is 0 Å². The van der Waals surface area contributed by atoms with Gasteiger partial charge in [-0.3, -0.25) is 13.8 Å². The van der Waals surface area contributed by atoms with Gasteiger partial charge in [0.25, 0.3) is 0 Å². The van der Waals surface area contributed by atoms with Gasteiger partial charge in [0.1, 0.15) is 5.75 Å². The van der Waals surface area contributed by atoms with Crippen molar-refractivity contribution in [3.8, 4) is 0 Å². The molecule has 2 aromatic rings. The number of Topliss-reactive ketones (excluding diaryl/α,β-unsaturated/α-hetero) is 1. The fourth-order valence-electron chi connectivity index (χ4n) is 2.23. The lowest BCUT2D eigenvalue weighted by Crippen LogP contribution is -2.23. The van der Waals surface area contributed by atoms with E-state index in [2.05, 4.69) is 5.32 Å². The van der Waals surface area contributed by atoms with Crippen LogP contribution in [0.25, 0.3) is 0 Å². The van der Waals surface area contributed by atoms with Gasteiger partial charge >= 0.3 is 5.97 Å². The average Bonchev–Trinajstić information content (AvgIpc) is 2.57. The van der Waals surface area contributed by atoms with Crippen molar-refractivity contribution < 1.29 is 23.7 Å². The molecule has 26 heavy (non-hydrogen) atoms. The second-order valence-electron chi connectivity index (χ2n) is 5.88. The van der Waals surface area contributed by atoms with Crippen molar-refractivity contribution in [2.24, 2.45) is 0 Å². The van der Waals surface area contributed by atoms with E-state index in [1.54, 1.807) is 12.1 Å². The van der Waals surface area contributed by atoms with Crippen molar-refractivity contribution >= 4 is 34.1 Å². The number of carbonyl (C=O) groups excluding carboxylic acids is 2. The Hall–Kier alpha value is -2.80. The molecular formula is C19H19NO5S. The molecule has 0 aliphatic heterocycles. The number of aromatic carboxylic acids is 1. The second-order valence-corrected chi connectivity index (χ2v) is 7.34. The number of carboxylic acids is 1. The van der Waals surface area contributed by atoms with Gasteiger partial charge in [-0.05, 0) is 55.3 Å². The first-order valence-corrected chi connectivity index (χ1v) is 9.33. The van der Waals surface area contributed by atoms with Gasteiger partial charge in [0.05, 0.1) is 11.3 Å². The van der Waals surface area contributed by atoms with Crippen molar-refractivity contribution in [2.75, 3.05) is 16.8 Å². The monoisotopic (exact) mass is 373 g/mol. The summed E-state index contributed by atoms with van der Waals surface area (Å²) in [6, 6.07) is 10.9. The van der Waals surface area contributed by atoms with E-state index in [-0.39, 0.29) is 22.9 Å². The van der Waals surface area contributed by atoms with Crippen LogP contribution in [0.5, 0.6) is 0 Å². The average molecular weight is 373 g/mol. The van der Waals surface area contributed by atoms with Crippen LogP contribution in [0.4, 0.5) is 5.69 Å². The number of benzene rings is 2. The molecule has 1 amide bonds. The maximum Gasteiger partial charge on any atom is 0.335 e. The zero-order valence-corrected chi connectivity index (χ0v) is 15.3. The van der Waals surface area contributed by atoms with E-state index >= 15 is 0 Å². The molecule has 0 aliphatic carbocycles. The Morgan fingerprint density at radius 2 is 1.54 bits per heavy atom. The molecule has 0 radical (unpaired) electrons. The molecule has 0 spiro atoms. The van der Waals surface area contributed by atoms with E-state index in [9.17, 15) is 18.6 Å². The highest BCUT2D eigenvalue weighted by Gasteiger charge is 2.15. The van der Waals surface area contributed by atoms with E-state index in [1.807, 2.05) is 19.9 Å². The third-order valence-corrected chi connectivity index (χ3v) is 5.00. The quantitative estimate of drug-likeness (QED) is 0.727. The van der Waals surface area contributed by atoms with Gasteiger partial charge in [0.2, 0.25) is 5.91 Å².